The fraction of sp³-hybridized carbons (Fsp3) is 0.364. The lowest BCUT2D eigenvalue weighted by Gasteiger charge is -2.19. The highest BCUT2D eigenvalue weighted by molar-refractivity contribution is 6.30. The zero-order valence-corrected chi connectivity index (χ0v) is 9.40. The van der Waals surface area contributed by atoms with Gasteiger partial charge in [0.25, 0.3) is 0 Å². The Morgan fingerprint density at radius 1 is 1.35 bits per heavy atom. The smallest absolute Gasteiger partial charge is 0.339 e. The highest BCUT2D eigenvalue weighted by Gasteiger charge is 2.50. The van der Waals surface area contributed by atoms with Crippen molar-refractivity contribution in [2.75, 3.05) is 0 Å². The zero-order valence-electron chi connectivity index (χ0n) is 8.64. The Balaban J connectivity index is 2.18. The van der Waals surface area contributed by atoms with E-state index >= 15 is 0 Å². The largest absolute Gasteiger partial charge is 0.471 e. The minimum absolute atomic E-state index is 0.440. The minimum Gasteiger partial charge on any atom is -0.339 e. The van der Waals surface area contributed by atoms with Gasteiger partial charge < -0.3 is 5.32 Å². The molecule has 1 aliphatic rings. The van der Waals surface area contributed by atoms with E-state index in [1.165, 1.54) is 0 Å². The maximum atomic E-state index is 12.2. The van der Waals surface area contributed by atoms with Gasteiger partial charge in [0.15, 0.2) is 0 Å². The summed E-state index contributed by atoms with van der Waals surface area (Å²) in [4.78, 5) is 10.9. The van der Waals surface area contributed by atoms with Gasteiger partial charge in [-0.3, -0.25) is 4.79 Å². The molecule has 1 saturated carbocycles. The third kappa shape index (κ3) is 2.54. The normalized spacial score (nSPS) is 17.6. The van der Waals surface area contributed by atoms with Crippen molar-refractivity contribution in [3.8, 4) is 0 Å². The predicted octanol–water partition coefficient (Wildman–Crippen LogP) is 3.01. The SMILES string of the molecule is O=C(NC1(c2cccc(Cl)c2)CC1)C(F)(F)F. The van der Waals surface area contributed by atoms with Crippen LogP contribution in [-0.4, -0.2) is 12.1 Å². The Hall–Kier alpha value is -1.23. The second-order valence-corrected chi connectivity index (χ2v) is 4.48. The van der Waals surface area contributed by atoms with E-state index < -0.39 is 17.6 Å². The van der Waals surface area contributed by atoms with Crippen molar-refractivity contribution in [3.05, 3.63) is 34.9 Å². The van der Waals surface area contributed by atoms with Gasteiger partial charge in [0, 0.05) is 5.02 Å². The van der Waals surface area contributed by atoms with Gasteiger partial charge in [-0.2, -0.15) is 13.2 Å². The Morgan fingerprint density at radius 3 is 2.47 bits per heavy atom. The first-order valence-corrected chi connectivity index (χ1v) is 5.37. The molecular formula is C11H9ClF3NO. The monoisotopic (exact) mass is 263 g/mol. The van der Waals surface area contributed by atoms with E-state index in [4.69, 9.17) is 11.6 Å². The number of halogens is 4. The number of benzene rings is 1. The van der Waals surface area contributed by atoms with Crippen LogP contribution in [0.25, 0.3) is 0 Å². The second-order valence-electron chi connectivity index (χ2n) is 4.04. The highest BCUT2D eigenvalue weighted by Crippen LogP contribution is 2.46. The lowest BCUT2D eigenvalue weighted by Crippen LogP contribution is -2.43. The summed E-state index contributed by atoms with van der Waals surface area (Å²) in [5.74, 6) is -1.91. The van der Waals surface area contributed by atoms with Crippen molar-refractivity contribution < 1.29 is 18.0 Å². The first-order chi connectivity index (χ1) is 7.83. The maximum absolute atomic E-state index is 12.2. The number of hydrogen-bond acceptors (Lipinski definition) is 1. The van der Waals surface area contributed by atoms with Gasteiger partial charge in [-0.15, -0.1) is 0 Å². The van der Waals surface area contributed by atoms with Crippen LogP contribution in [0.4, 0.5) is 13.2 Å². The number of carbonyl (C=O) groups is 1. The van der Waals surface area contributed by atoms with Gasteiger partial charge in [0.1, 0.15) is 0 Å². The number of rotatable bonds is 2. The van der Waals surface area contributed by atoms with Crippen LogP contribution in [0, 0.1) is 0 Å². The van der Waals surface area contributed by atoms with E-state index in [9.17, 15) is 18.0 Å². The van der Waals surface area contributed by atoms with Gasteiger partial charge in [0.05, 0.1) is 5.54 Å². The van der Waals surface area contributed by atoms with Crippen molar-refractivity contribution in [2.24, 2.45) is 0 Å². The summed E-state index contributed by atoms with van der Waals surface area (Å²) in [6, 6.07) is 6.52. The molecule has 1 amide bonds. The standard InChI is InChI=1S/C11H9ClF3NO/c12-8-3-1-2-7(6-8)10(4-5-10)16-9(17)11(13,14)15/h1-3,6H,4-5H2,(H,16,17). The van der Waals surface area contributed by atoms with Gasteiger partial charge >= 0.3 is 12.1 Å². The van der Waals surface area contributed by atoms with Crippen LogP contribution in [0.5, 0.6) is 0 Å². The lowest BCUT2D eigenvalue weighted by molar-refractivity contribution is -0.174. The van der Waals surface area contributed by atoms with Crippen molar-refractivity contribution in [3.63, 3.8) is 0 Å². The molecule has 0 heterocycles. The molecule has 0 radical (unpaired) electrons. The van der Waals surface area contributed by atoms with Gasteiger partial charge in [0.2, 0.25) is 0 Å². The van der Waals surface area contributed by atoms with Crippen molar-refractivity contribution in [1.82, 2.24) is 5.32 Å². The lowest BCUT2D eigenvalue weighted by atomic mass is 10.1. The van der Waals surface area contributed by atoms with Gasteiger partial charge in [-0.25, -0.2) is 0 Å². The van der Waals surface area contributed by atoms with Crippen LogP contribution >= 0.6 is 11.6 Å². The van der Waals surface area contributed by atoms with Crippen molar-refractivity contribution in [1.29, 1.82) is 0 Å². The van der Waals surface area contributed by atoms with E-state index in [2.05, 4.69) is 0 Å². The molecule has 0 aromatic heterocycles. The van der Waals surface area contributed by atoms with E-state index in [0.717, 1.165) is 0 Å². The molecule has 0 saturated heterocycles. The molecule has 1 fully saturated rings. The molecule has 0 aliphatic heterocycles. The zero-order chi connectivity index (χ0) is 12.7. The van der Waals surface area contributed by atoms with Crippen LogP contribution in [0.1, 0.15) is 18.4 Å². The summed E-state index contributed by atoms with van der Waals surface area (Å²) < 4.78 is 36.5. The molecule has 1 aliphatic carbocycles. The van der Waals surface area contributed by atoms with E-state index in [0.29, 0.717) is 23.4 Å². The number of amides is 1. The van der Waals surface area contributed by atoms with Crippen molar-refractivity contribution >= 4 is 17.5 Å². The molecular weight excluding hydrogens is 255 g/mol. The Kier molecular flexibility index (Phi) is 2.81. The van der Waals surface area contributed by atoms with Crippen LogP contribution in [0.3, 0.4) is 0 Å². The van der Waals surface area contributed by atoms with Crippen LogP contribution in [-0.2, 0) is 10.3 Å². The maximum Gasteiger partial charge on any atom is 0.471 e. The highest BCUT2D eigenvalue weighted by atomic mass is 35.5. The number of alkyl halides is 3. The van der Waals surface area contributed by atoms with Gasteiger partial charge in [-0.1, -0.05) is 23.7 Å². The average molecular weight is 264 g/mol. The van der Waals surface area contributed by atoms with E-state index in [-0.39, 0.29) is 0 Å². The third-order valence-corrected chi connectivity index (χ3v) is 2.97. The molecule has 17 heavy (non-hydrogen) atoms. The third-order valence-electron chi connectivity index (χ3n) is 2.74. The topological polar surface area (TPSA) is 29.1 Å². The molecule has 0 spiro atoms. The summed E-state index contributed by atoms with van der Waals surface area (Å²) >= 11 is 5.77. The van der Waals surface area contributed by atoms with Crippen LogP contribution in [0.15, 0.2) is 24.3 Å². The fourth-order valence-electron chi connectivity index (χ4n) is 1.69. The Labute approximate surface area is 101 Å². The van der Waals surface area contributed by atoms with Crippen LogP contribution < -0.4 is 5.32 Å². The number of carbonyl (C=O) groups excluding carboxylic acids is 1. The Morgan fingerprint density at radius 2 is 2.00 bits per heavy atom. The minimum atomic E-state index is -4.85. The fourth-order valence-corrected chi connectivity index (χ4v) is 1.88. The summed E-state index contributed by atoms with van der Waals surface area (Å²) in [7, 11) is 0. The van der Waals surface area contributed by atoms with Crippen molar-refractivity contribution in [2.45, 2.75) is 24.6 Å². The molecule has 2 nitrogen and oxygen atoms in total. The predicted molar refractivity (Wildman–Crippen MR) is 56.6 cm³/mol. The van der Waals surface area contributed by atoms with Gasteiger partial charge in [-0.05, 0) is 30.5 Å². The first-order valence-electron chi connectivity index (χ1n) is 4.99. The molecule has 1 aromatic rings. The Bertz CT molecular complexity index is 454. The summed E-state index contributed by atoms with van der Waals surface area (Å²) in [5.41, 5.74) is -0.278. The second kappa shape index (κ2) is 3.91. The number of hydrogen-bond donors (Lipinski definition) is 1. The molecule has 0 unspecified atom stereocenters. The molecule has 0 atom stereocenters. The van der Waals surface area contributed by atoms with E-state index in [1.54, 1.807) is 24.3 Å². The number of nitrogens with one attached hydrogen (secondary N) is 1. The molecule has 6 heteroatoms. The first kappa shape index (κ1) is 12.2. The van der Waals surface area contributed by atoms with E-state index in [1.807, 2.05) is 5.32 Å². The van der Waals surface area contributed by atoms with Crippen LogP contribution in [0.2, 0.25) is 5.02 Å². The summed E-state index contributed by atoms with van der Waals surface area (Å²) in [6.07, 6.45) is -3.86. The average Bonchev–Trinajstić information content (AvgIpc) is 2.97. The molecule has 0 bridgehead atoms. The molecule has 2 rings (SSSR count). The molecule has 1 aromatic carbocycles. The molecule has 1 N–H and O–H groups in total. The summed E-state index contributed by atoms with van der Waals surface area (Å²) in [5, 5.41) is 2.47. The summed E-state index contributed by atoms with van der Waals surface area (Å²) in [6.45, 7) is 0. The quantitative estimate of drug-likeness (QED) is 0.873. The molecule has 92 valence electrons.